The highest BCUT2D eigenvalue weighted by atomic mass is 16.5. The van der Waals surface area contributed by atoms with Gasteiger partial charge in [0.05, 0.1) is 12.1 Å². The summed E-state index contributed by atoms with van der Waals surface area (Å²) in [7, 11) is 1.84. The minimum absolute atomic E-state index is 0.0802. The summed E-state index contributed by atoms with van der Waals surface area (Å²) in [5, 5.41) is 2.93. The molecule has 1 saturated heterocycles. The van der Waals surface area contributed by atoms with E-state index in [1.807, 2.05) is 56.4 Å². The van der Waals surface area contributed by atoms with Gasteiger partial charge in [0.2, 0.25) is 5.91 Å². The van der Waals surface area contributed by atoms with Crippen molar-refractivity contribution in [2.75, 3.05) is 19.0 Å². The van der Waals surface area contributed by atoms with E-state index in [-0.39, 0.29) is 24.0 Å². The average molecular weight is 395 g/mol. The first-order chi connectivity index (χ1) is 14.0. The molecule has 1 fully saturated rings. The second-order valence-electron chi connectivity index (χ2n) is 7.65. The zero-order chi connectivity index (χ0) is 20.6. The number of amides is 2. The zero-order valence-electron chi connectivity index (χ0n) is 17.3. The van der Waals surface area contributed by atoms with Gasteiger partial charge in [-0.1, -0.05) is 30.3 Å². The summed E-state index contributed by atoms with van der Waals surface area (Å²) < 4.78 is 5.73. The van der Waals surface area contributed by atoms with Crippen LogP contribution < -0.4 is 5.32 Å². The molecule has 0 saturated carbocycles. The van der Waals surface area contributed by atoms with Gasteiger partial charge in [-0.05, 0) is 62.4 Å². The van der Waals surface area contributed by atoms with Crippen LogP contribution in [0.2, 0.25) is 0 Å². The summed E-state index contributed by atoms with van der Waals surface area (Å²) in [4.78, 5) is 26.8. The Balaban J connectivity index is 1.58. The van der Waals surface area contributed by atoms with Crippen molar-refractivity contribution in [1.29, 1.82) is 0 Å². The molecule has 154 valence electrons. The first-order valence-electron chi connectivity index (χ1n) is 10.4. The Kier molecular flexibility index (Phi) is 7.42. The smallest absolute Gasteiger partial charge is 0.255 e. The maximum absolute atomic E-state index is 12.6. The topological polar surface area (TPSA) is 58.6 Å². The molecule has 29 heavy (non-hydrogen) atoms. The molecular formula is C24H30N2O3. The number of anilines is 1. The second kappa shape index (κ2) is 10.2. The summed E-state index contributed by atoms with van der Waals surface area (Å²) in [5.41, 5.74) is 2.32. The maximum Gasteiger partial charge on any atom is 0.255 e. The van der Waals surface area contributed by atoms with Crippen LogP contribution in [0.15, 0.2) is 54.6 Å². The molecule has 0 radical (unpaired) electrons. The fourth-order valence-corrected chi connectivity index (χ4v) is 3.60. The molecule has 0 unspecified atom stereocenters. The van der Waals surface area contributed by atoms with Crippen LogP contribution >= 0.6 is 0 Å². The molecule has 5 nitrogen and oxygen atoms in total. The molecule has 0 bridgehead atoms. The maximum atomic E-state index is 12.6. The predicted octanol–water partition coefficient (Wildman–Crippen LogP) is 4.81. The van der Waals surface area contributed by atoms with Gasteiger partial charge in [-0.25, -0.2) is 0 Å². The van der Waals surface area contributed by atoms with Gasteiger partial charge in [0.15, 0.2) is 0 Å². The van der Waals surface area contributed by atoms with Gasteiger partial charge >= 0.3 is 0 Å². The van der Waals surface area contributed by atoms with Crippen LogP contribution in [0.25, 0.3) is 0 Å². The Bertz CT molecular complexity index is 816. The van der Waals surface area contributed by atoms with E-state index in [1.54, 1.807) is 17.0 Å². The van der Waals surface area contributed by atoms with Crippen molar-refractivity contribution < 1.29 is 14.3 Å². The second-order valence-corrected chi connectivity index (χ2v) is 7.65. The predicted molar refractivity (Wildman–Crippen MR) is 115 cm³/mol. The van der Waals surface area contributed by atoms with E-state index in [0.29, 0.717) is 12.0 Å². The zero-order valence-corrected chi connectivity index (χ0v) is 17.3. The van der Waals surface area contributed by atoms with Crippen molar-refractivity contribution in [3.63, 3.8) is 0 Å². The van der Waals surface area contributed by atoms with Crippen molar-refractivity contribution >= 4 is 17.5 Å². The molecule has 0 aromatic heterocycles. The van der Waals surface area contributed by atoms with Gasteiger partial charge in [0, 0.05) is 31.3 Å². The van der Waals surface area contributed by atoms with Gasteiger partial charge in [0.1, 0.15) is 0 Å². The molecule has 2 atom stereocenters. The fraction of sp³-hybridized carbons (Fsp3) is 0.417. The van der Waals surface area contributed by atoms with Crippen molar-refractivity contribution in [3.05, 3.63) is 65.7 Å². The number of hydrogen-bond acceptors (Lipinski definition) is 3. The number of nitrogens with one attached hydrogen (secondary N) is 1. The Labute approximate surface area is 173 Å². The quantitative estimate of drug-likeness (QED) is 0.733. The Morgan fingerprint density at radius 1 is 1.14 bits per heavy atom. The van der Waals surface area contributed by atoms with Crippen LogP contribution in [0, 0.1) is 0 Å². The highest BCUT2D eigenvalue weighted by Gasteiger charge is 2.21. The van der Waals surface area contributed by atoms with E-state index in [1.165, 1.54) is 6.42 Å². The molecular weight excluding hydrogens is 364 g/mol. The monoisotopic (exact) mass is 394 g/mol. The van der Waals surface area contributed by atoms with Crippen LogP contribution in [0.1, 0.15) is 61.0 Å². The first kappa shape index (κ1) is 21.1. The van der Waals surface area contributed by atoms with E-state index in [0.717, 1.165) is 37.1 Å². The molecule has 3 rings (SSSR count). The number of nitrogens with zero attached hydrogens (tertiary/aromatic N) is 1. The number of ether oxygens (including phenoxy) is 1. The number of carbonyl (C=O) groups excluding carboxylic acids is 2. The van der Waals surface area contributed by atoms with Crippen molar-refractivity contribution in [3.8, 4) is 0 Å². The largest absolute Gasteiger partial charge is 0.378 e. The standard InChI is InChI=1S/C24H30N2O3/c1-18(26(2)23(27)15-14-22-13-6-7-16-29-22)20-11-8-12-21(17-20)25-24(28)19-9-4-3-5-10-19/h3-5,8-12,17-18,22H,6-7,13-16H2,1-2H3,(H,25,28)/t18-,22+/m1/s1. The summed E-state index contributed by atoms with van der Waals surface area (Å²) in [6, 6.07) is 16.7. The van der Waals surface area contributed by atoms with Crippen LogP contribution in [-0.4, -0.2) is 36.5 Å². The SMILES string of the molecule is C[C@H](c1cccc(NC(=O)c2ccccc2)c1)N(C)C(=O)CC[C@@H]1CCCCO1. The normalized spacial score (nSPS) is 17.4. The van der Waals surface area contributed by atoms with E-state index in [2.05, 4.69) is 5.32 Å². The lowest BCUT2D eigenvalue weighted by Gasteiger charge is -2.27. The van der Waals surface area contributed by atoms with E-state index >= 15 is 0 Å². The molecule has 1 N–H and O–H groups in total. The third-order valence-corrected chi connectivity index (χ3v) is 5.59. The Morgan fingerprint density at radius 2 is 1.93 bits per heavy atom. The molecule has 2 aromatic rings. The molecule has 1 aliphatic heterocycles. The van der Waals surface area contributed by atoms with Crippen LogP contribution in [0.4, 0.5) is 5.69 Å². The van der Waals surface area contributed by atoms with Crippen LogP contribution in [-0.2, 0) is 9.53 Å². The van der Waals surface area contributed by atoms with Gasteiger partial charge in [0.25, 0.3) is 5.91 Å². The minimum Gasteiger partial charge on any atom is -0.378 e. The molecule has 1 aliphatic rings. The lowest BCUT2D eigenvalue weighted by atomic mass is 10.0. The summed E-state index contributed by atoms with van der Waals surface area (Å²) >= 11 is 0. The highest BCUT2D eigenvalue weighted by Crippen LogP contribution is 2.24. The molecule has 0 aliphatic carbocycles. The lowest BCUT2D eigenvalue weighted by Crippen LogP contribution is -2.31. The Morgan fingerprint density at radius 3 is 2.66 bits per heavy atom. The molecule has 2 amide bonds. The van der Waals surface area contributed by atoms with Crippen molar-refractivity contribution in [2.24, 2.45) is 0 Å². The van der Waals surface area contributed by atoms with Gasteiger partial charge in [-0.3, -0.25) is 9.59 Å². The number of hydrogen-bond donors (Lipinski definition) is 1. The van der Waals surface area contributed by atoms with Gasteiger partial charge in [-0.15, -0.1) is 0 Å². The molecule has 2 aromatic carbocycles. The van der Waals surface area contributed by atoms with Gasteiger partial charge < -0.3 is 15.0 Å². The summed E-state index contributed by atoms with van der Waals surface area (Å²) in [6.07, 6.45) is 4.85. The summed E-state index contributed by atoms with van der Waals surface area (Å²) in [5.74, 6) is -0.0299. The average Bonchev–Trinajstić information content (AvgIpc) is 2.78. The fourth-order valence-electron chi connectivity index (χ4n) is 3.60. The molecule has 5 heteroatoms. The van der Waals surface area contributed by atoms with Gasteiger partial charge in [-0.2, -0.15) is 0 Å². The molecule has 0 spiro atoms. The third-order valence-electron chi connectivity index (χ3n) is 5.59. The molecule has 1 heterocycles. The number of benzene rings is 2. The van der Waals surface area contributed by atoms with Crippen molar-refractivity contribution in [2.45, 2.75) is 51.2 Å². The first-order valence-corrected chi connectivity index (χ1v) is 10.4. The van der Waals surface area contributed by atoms with Crippen molar-refractivity contribution in [1.82, 2.24) is 4.90 Å². The van der Waals surface area contributed by atoms with E-state index < -0.39 is 0 Å². The number of rotatable bonds is 7. The Hall–Kier alpha value is -2.66. The minimum atomic E-state index is -0.146. The third kappa shape index (κ3) is 5.91. The number of carbonyl (C=O) groups is 2. The van der Waals surface area contributed by atoms with E-state index in [4.69, 9.17) is 4.74 Å². The van der Waals surface area contributed by atoms with Crippen LogP contribution in [0.5, 0.6) is 0 Å². The lowest BCUT2D eigenvalue weighted by molar-refractivity contribution is -0.132. The summed E-state index contributed by atoms with van der Waals surface area (Å²) in [6.45, 7) is 2.82. The van der Waals surface area contributed by atoms with Crippen LogP contribution in [0.3, 0.4) is 0 Å². The highest BCUT2D eigenvalue weighted by molar-refractivity contribution is 6.04. The van der Waals surface area contributed by atoms with E-state index in [9.17, 15) is 9.59 Å².